The Hall–Kier alpha value is -3.00. The van der Waals surface area contributed by atoms with Crippen LogP contribution in [0.4, 0.5) is 0 Å². The number of carbonyl (C=O) groups is 1. The Morgan fingerprint density at radius 2 is 2.20 bits per heavy atom. The third-order valence-electron chi connectivity index (χ3n) is 4.54. The minimum atomic E-state index is -0.947. The number of rotatable bonds is 3. The zero-order valence-electron chi connectivity index (χ0n) is 13.6. The van der Waals surface area contributed by atoms with E-state index in [0.29, 0.717) is 18.9 Å². The summed E-state index contributed by atoms with van der Waals surface area (Å²) in [4.78, 5) is 29.6. The second-order valence-corrected chi connectivity index (χ2v) is 6.29. The number of carboxylic acid groups (broad SMARTS) is 1. The monoisotopic (exact) mass is 339 g/mol. The molecule has 0 bridgehead atoms. The number of pyridine rings is 1. The molecule has 2 aromatic heterocycles. The Balaban J connectivity index is 1.65. The zero-order valence-corrected chi connectivity index (χ0v) is 13.6. The highest BCUT2D eigenvalue weighted by atomic mass is 16.4. The molecule has 0 aliphatic carbocycles. The summed E-state index contributed by atoms with van der Waals surface area (Å²) in [6.45, 7) is 2.80. The highest BCUT2D eigenvalue weighted by Crippen LogP contribution is 2.21. The minimum Gasteiger partial charge on any atom is -0.480 e. The Bertz CT molecular complexity index is 1020. The smallest absolute Gasteiger partial charge is 0.343 e. The van der Waals surface area contributed by atoms with Crippen LogP contribution in [0.3, 0.4) is 0 Å². The molecule has 1 aliphatic heterocycles. The van der Waals surface area contributed by atoms with Gasteiger partial charge in [-0.05, 0) is 30.7 Å². The van der Waals surface area contributed by atoms with Crippen molar-refractivity contribution in [3.8, 4) is 0 Å². The first kappa shape index (κ1) is 15.5. The fraction of sp³-hybridized carbons (Fsp3) is 0.294. The topological polar surface area (TPSA) is 104 Å². The first-order valence-electron chi connectivity index (χ1n) is 7.98. The summed E-state index contributed by atoms with van der Waals surface area (Å²) in [6.07, 6.45) is 0. The summed E-state index contributed by atoms with van der Waals surface area (Å²) in [7, 11) is 0. The van der Waals surface area contributed by atoms with Crippen LogP contribution in [0.25, 0.3) is 10.9 Å². The van der Waals surface area contributed by atoms with Crippen molar-refractivity contribution in [2.45, 2.75) is 32.6 Å². The van der Waals surface area contributed by atoms with E-state index in [0.717, 1.165) is 22.2 Å². The van der Waals surface area contributed by atoms with Crippen molar-refractivity contribution in [3.05, 3.63) is 57.9 Å². The number of H-pyrrole nitrogens is 1. The van der Waals surface area contributed by atoms with E-state index in [1.807, 2.05) is 42.2 Å². The summed E-state index contributed by atoms with van der Waals surface area (Å²) in [5, 5.41) is 16.9. The molecule has 0 spiro atoms. The number of benzene rings is 1. The van der Waals surface area contributed by atoms with Gasteiger partial charge in [-0.25, -0.2) is 9.89 Å². The first-order chi connectivity index (χ1) is 12.0. The van der Waals surface area contributed by atoms with Gasteiger partial charge in [0.2, 0.25) is 0 Å². The summed E-state index contributed by atoms with van der Waals surface area (Å²) in [5.74, 6) is -0.391. The van der Waals surface area contributed by atoms with E-state index in [4.69, 9.17) is 0 Å². The number of carboxylic acids is 1. The van der Waals surface area contributed by atoms with Crippen molar-refractivity contribution in [3.63, 3.8) is 0 Å². The number of aromatic nitrogens is 4. The maximum Gasteiger partial charge on any atom is 0.343 e. The van der Waals surface area contributed by atoms with Gasteiger partial charge in [0, 0.05) is 17.6 Å². The lowest BCUT2D eigenvalue weighted by molar-refractivity contribution is -0.145. The molecular weight excluding hydrogens is 322 g/mol. The van der Waals surface area contributed by atoms with Crippen LogP contribution in [-0.4, -0.2) is 41.8 Å². The second kappa shape index (κ2) is 5.82. The number of aliphatic carboxylic acids is 1. The van der Waals surface area contributed by atoms with E-state index in [1.54, 1.807) is 0 Å². The van der Waals surface area contributed by atoms with Crippen LogP contribution in [0.5, 0.6) is 0 Å². The fourth-order valence-corrected chi connectivity index (χ4v) is 3.25. The molecule has 4 rings (SSSR count). The molecule has 1 unspecified atom stereocenters. The largest absolute Gasteiger partial charge is 0.480 e. The minimum absolute atomic E-state index is 0.0916. The fourth-order valence-electron chi connectivity index (χ4n) is 3.25. The van der Waals surface area contributed by atoms with Crippen LogP contribution < -0.4 is 5.69 Å². The van der Waals surface area contributed by atoms with Crippen molar-refractivity contribution >= 4 is 16.9 Å². The van der Waals surface area contributed by atoms with E-state index in [1.165, 1.54) is 4.57 Å². The predicted molar refractivity (Wildman–Crippen MR) is 90.0 cm³/mol. The van der Waals surface area contributed by atoms with Crippen LogP contribution >= 0.6 is 0 Å². The third-order valence-corrected chi connectivity index (χ3v) is 4.54. The van der Waals surface area contributed by atoms with Gasteiger partial charge in [0.25, 0.3) is 0 Å². The number of nitrogens with zero attached hydrogens (tertiary/aromatic N) is 4. The highest BCUT2D eigenvalue weighted by molar-refractivity contribution is 5.79. The van der Waals surface area contributed by atoms with Gasteiger partial charge in [-0.1, -0.05) is 12.1 Å². The molecule has 1 aromatic carbocycles. The lowest BCUT2D eigenvalue weighted by Gasteiger charge is -2.32. The molecule has 0 radical (unpaired) electrons. The zero-order chi connectivity index (χ0) is 17.6. The normalized spacial score (nSPS) is 17.6. The van der Waals surface area contributed by atoms with Gasteiger partial charge in [0.15, 0.2) is 0 Å². The van der Waals surface area contributed by atoms with Gasteiger partial charge in [0.05, 0.1) is 18.6 Å². The van der Waals surface area contributed by atoms with Crippen molar-refractivity contribution in [2.24, 2.45) is 0 Å². The van der Waals surface area contributed by atoms with Gasteiger partial charge in [-0.2, -0.15) is 5.10 Å². The van der Waals surface area contributed by atoms with Gasteiger partial charge in [-0.15, -0.1) is 0 Å². The summed E-state index contributed by atoms with van der Waals surface area (Å²) in [5.41, 5.74) is 2.50. The van der Waals surface area contributed by atoms with E-state index >= 15 is 0 Å². The highest BCUT2D eigenvalue weighted by Gasteiger charge is 2.33. The van der Waals surface area contributed by atoms with Crippen LogP contribution in [-0.2, 0) is 24.4 Å². The molecule has 2 N–H and O–H groups in total. The molecular formula is C17H17N5O3. The van der Waals surface area contributed by atoms with E-state index in [-0.39, 0.29) is 12.2 Å². The molecule has 0 fully saturated rings. The molecule has 25 heavy (non-hydrogen) atoms. The van der Waals surface area contributed by atoms with Crippen molar-refractivity contribution in [1.82, 2.24) is 24.6 Å². The van der Waals surface area contributed by atoms with Crippen LogP contribution in [0.15, 0.2) is 35.1 Å². The molecule has 3 aromatic rings. The number of hydrogen-bond acceptors (Lipinski definition) is 5. The van der Waals surface area contributed by atoms with Crippen LogP contribution in [0.1, 0.15) is 17.1 Å². The lowest BCUT2D eigenvalue weighted by Crippen LogP contribution is -2.49. The second-order valence-electron chi connectivity index (χ2n) is 6.29. The maximum absolute atomic E-state index is 11.7. The number of fused-ring (bicyclic) bond motifs is 2. The number of nitrogens with one attached hydrogen (secondary N) is 1. The molecule has 128 valence electrons. The Labute approximate surface area is 142 Å². The van der Waals surface area contributed by atoms with Crippen LogP contribution in [0, 0.1) is 6.92 Å². The summed E-state index contributed by atoms with van der Waals surface area (Å²) >= 11 is 0. The van der Waals surface area contributed by atoms with Crippen LogP contribution in [0.2, 0.25) is 0 Å². The Morgan fingerprint density at radius 1 is 1.36 bits per heavy atom. The Kier molecular flexibility index (Phi) is 3.61. The van der Waals surface area contributed by atoms with E-state index in [2.05, 4.69) is 15.2 Å². The maximum atomic E-state index is 11.7. The molecule has 3 heterocycles. The van der Waals surface area contributed by atoms with Gasteiger partial charge < -0.3 is 5.11 Å². The molecule has 0 saturated heterocycles. The number of aromatic amines is 1. The third kappa shape index (κ3) is 2.80. The number of aryl methyl sites for hydroxylation is 1. The average molecular weight is 339 g/mol. The first-order valence-corrected chi connectivity index (χ1v) is 7.98. The molecule has 0 saturated carbocycles. The quantitative estimate of drug-likeness (QED) is 0.735. The van der Waals surface area contributed by atoms with Gasteiger partial charge in [0.1, 0.15) is 11.9 Å². The SMILES string of the molecule is Cc1ccc2cc(CN3Cc4n[nH]c(=O)n4CC3C(=O)O)ccc2n1. The molecule has 8 heteroatoms. The molecule has 0 amide bonds. The van der Waals surface area contributed by atoms with E-state index < -0.39 is 12.0 Å². The van der Waals surface area contributed by atoms with E-state index in [9.17, 15) is 14.7 Å². The number of hydrogen-bond donors (Lipinski definition) is 2. The average Bonchev–Trinajstić information content (AvgIpc) is 2.94. The van der Waals surface area contributed by atoms with Crippen molar-refractivity contribution in [2.75, 3.05) is 0 Å². The predicted octanol–water partition coefficient (Wildman–Crippen LogP) is 0.897. The Morgan fingerprint density at radius 3 is 3.00 bits per heavy atom. The molecule has 1 atom stereocenters. The van der Waals surface area contributed by atoms with Crippen molar-refractivity contribution < 1.29 is 9.90 Å². The summed E-state index contributed by atoms with van der Waals surface area (Å²) < 4.78 is 1.39. The van der Waals surface area contributed by atoms with Gasteiger partial charge in [-0.3, -0.25) is 19.2 Å². The summed E-state index contributed by atoms with van der Waals surface area (Å²) in [6, 6.07) is 9.12. The van der Waals surface area contributed by atoms with Crippen molar-refractivity contribution in [1.29, 1.82) is 0 Å². The molecule has 1 aliphatic rings. The van der Waals surface area contributed by atoms with Gasteiger partial charge >= 0.3 is 11.7 Å². The molecule has 8 nitrogen and oxygen atoms in total. The standard InChI is InChI=1S/C17H17N5O3/c1-10-2-4-12-6-11(3-5-13(12)18-10)7-21-9-15-19-20-17(25)22(15)8-14(21)16(23)24/h2-6,14H,7-9H2,1H3,(H,20,25)(H,23,24). The lowest BCUT2D eigenvalue weighted by atomic mass is 10.1.